The summed E-state index contributed by atoms with van der Waals surface area (Å²) in [5.74, 6) is 1.85. The van der Waals surface area contributed by atoms with Gasteiger partial charge in [0, 0.05) is 19.5 Å². The number of rotatable bonds is 1. The van der Waals surface area contributed by atoms with E-state index < -0.39 is 0 Å². The zero-order valence-corrected chi connectivity index (χ0v) is 6.39. The average molecular weight is 126 g/mol. The first-order valence-electron chi connectivity index (χ1n) is 3.47. The fourth-order valence-electron chi connectivity index (χ4n) is 1.17. The molecular weight excluding hydrogens is 112 g/mol. The van der Waals surface area contributed by atoms with Gasteiger partial charge in [0.15, 0.2) is 0 Å². The van der Waals surface area contributed by atoms with Gasteiger partial charge in [-0.3, -0.25) is 4.99 Å². The highest BCUT2D eigenvalue weighted by Crippen LogP contribution is 2.06. The zero-order chi connectivity index (χ0) is 6.85. The third-order valence-electron chi connectivity index (χ3n) is 1.62. The summed E-state index contributed by atoms with van der Waals surface area (Å²) in [7, 11) is 2.10. The highest BCUT2D eigenvalue weighted by molar-refractivity contribution is 5.85. The molecule has 2 nitrogen and oxygen atoms in total. The molecule has 2 heteroatoms. The van der Waals surface area contributed by atoms with E-state index in [1.807, 2.05) is 0 Å². The molecule has 52 valence electrons. The molecule has 0 aromatic carbocycles. The minimum atomic E-state index is 0.595. The molecule has 0 bridgehead atoms. The normalized spacial score (nSPS) is 19.1. The van der Waals surface area contributed by atoms with E-state index in [0.29, 0.717) is 5.92 Å². The van der Waals surface area contributed by atoms with Gasteiger partial charge < -0.3 is 4.90 Å². The first-order chi connectivity index (χ1) is 4.22. The molecule has 0 atom stereocenters. The fourth-order valence-corrected chi connectivity index (χ4v) is 1.17. The molecule has 0 aliphatic carbocycles. The minimum Gasteiger partial charge on any atom is -0.361 e. The van der Waals surface area contributed by atoms with Crippen LogP contribution in [0.1, 0.15) is 13.8 Å². The highest BCUT2D eigenvalue weighted by Gasteiger charge is 2.14. The van der Waals surface area contributed by atoms with Crippen LogP contribution in [0.15, 0.2) is 4.99 Å². The van der Waals surface area contributed by atoms with Crippen molar-refractivity contribution in [3.63, 3.8) is 0 Å². The monoisotopic (exact) mass is 126 g/mol. The van der Waals surface area contributed by atoms with Gasteiger partial charge in [0.1, 0.15) is 5.84 Å². The van der Waals surface area contributed by atoms with E-state index in [9.17, 15) is 0 Å². The van der Waals surface area contributed by atoms with Crippen LogP contribution in [0, 0.1) is 5.92 Å². The van der Waals surface area contributed by atoms with Crippen LogP contribution >= 0.6 is 0 Å². The molecule has 0 radical (unpaired) electrons. The largest absolute Gasteiger partial charge is 0.361 e. The third-order valence-corrected chi connectivity index (χ3v) is 1.62. The summed E-state index contributed by atoms with van der Waals surface area (Å²) in [5.41, 5.74) is 0. The van der Waals surface area contributed by atoms with Crippen molar-refractivity contribution < 1.29 is 0 Å². The molecule has 0 aromatic rings. The number of amidine groups is 1. The van der Waals surface area contributed by atoms with E-state index in [1.165, 1.54) is 5.84 Å². The second-order valence-corrected chi connectivity index (χ2v) is 2.82. The van der Waals surface area contributed by atoms with E-state index in [1.54, 1.807) is 0 Å². The van der Waals surface area contributed by atoms with Gasteiger partial charge in [-0.2, -0.15) is 0 Å². The Morgan fingerprint density at radius 1 is 1.56 bits per heavy atom. The van der Waals surface area contributed by atoms with Gasteiger partial charge in [-0.1, -0.05) is 13.8 Å². The van der Waals surface area contributed by atoms with Gasteiger partial charge >= 0.3 is 0 Å². The van der Waals surface area contributed by atoms with Crippen LogP contribution < -0.4 is 0 Å². The van der Waals surface area contributed by atoms with Gasteiger partial charge in [0.2, 0.25) is 0 Å². The van der Waals surface area contributed by atoms with Crippen LogP contribution in [0.4, 0.5) is 0 Å². The Morgan fingerprint density at radius 2 is 2.22 bits per heavy atom. The Kier molecular flexibility index (Phi) is 1.74. The van der Waals surface area contributed by atoms with Crippen molar-refractivity contribution in [3.8, 4) is 0 Å². The lowest BCUT2D eigenvalue weighted by atomic mass is 10.2. The predicted molar refractivity (Wildman–Crippen MR) is 39.8 cm³/mol. The Morgan fingerprint density at radius 3 is 2.44 bits per heavy atom. The van der Waals surface area contributed by atoms with Crippen molar-refractivity contribution in [1.29, 1.82) is 0 Å². The van der Waals surface area contributed by atoms with Crippen LogP contribution in [0.3, 0.4) is 0 Å². The molecular formula is C7H14N2. The van der Waals surface area contributed by atoms with Crippen LogP contribution in [-0.2, 0) is 0 Å². The Balaban J connectivity index is 2.57. The minimum absolute atomic E-state index is 0.595. The van der Waals surface area contributed by atoms with Crippen LogP contribution in [0.5, 0.6) is 0 Å². The fraction of sp³-hybridized carbons (Fsp3) is 0.857. The summed E-state index contributed by atoms with van der Waals surface area (Å²) in [4.78, 5) is 6.59. The van der Waals surface area contributed by atoms with Gasteiger partial charge in [-0.05, 0) is 0 Å². The topological polar surface area (TPSA) is 15.6 Å². The summed E-state index contributed by atoms with van der Waals surface area (Å²) < 4.78 is 0. The summed E-state index contributed by atoms with van der Waals surface area (Å²) >= 11 is 0. The van der Waals surface area contributed by atoms with Crippen LogP contribution in [-0.4, -0.2) is 30.9 Å². The van der Waals surface area contributed by atoms with Crippen molar-refractivity contribution >= 4 is 5.84 Å². The van der Waals surface area contributed by atoms with E-state index in [2.05, 4.69) is 30.8 Å². The lowest BCUT2D eigenvalue weighted by molar-refractivity contribution is 0.528. The summed E-state index contributed by atoms with van der Waals surface area (Å²) in [6.07, 6.45) is 0. The zero-order valence-electron chi connectivity index (χ0n) is 6.39. The second-order valence-electron chi connectivity index (χ2n) is 2.82. The average Bonchev–Trinajstić information content (AvgIpc) is 2.13. The van der Waals surface area contributed by atoms with E-state index in [0.717, 1.165) is 13.1 Å². The number of likely N-dealkylation sites (N-methyl/N-ethyl adjacent to an activating group) is 1. The van der Waals surface area contributed by atoms with Crippen molar-refractivity contribution in [1.82, 2.24) is 4.90 Å². The highest BCUT2D eigenvalue weighted by atomic mass is 15.2. The Labute approximate surface area is 56.6 Å². The smallest absolute Gasteiger partial charge is 0.101 e. The molecule has 0 aromatic heterocycles. The summed E-state index contributed by atoms with van der Waals surface area (Å²) in [6, 6.07) is 0. The molecule has 0 fully saturated rings. The maximum atomic E-state index is 4.36. The third kappa shape index (κ3) is 1.23. The SMILES string of the molecule is CC(C)C1=NCCN1C. The molecule has 0 saturated heterocycles. The molecule has 0 saturated carbocycles. The quantitative estimate of drug-likeness (QED) is 0.511. The van der Waals surface area contributed by atoms with Crippen molar-refractivity contribution in [2.75, 3.05) is 20.1 Å². The molecule has 1 aliphatic rings. The Hall–Kier alpha value is -0.530. The molecule has 0 amide bonds. The summed E-state index contributed by atoms with van der Waals surface area (Å²) in [5, 5.41) is 0. The van der Waals surface area contributed by atoms with Crippen molar-refractivity contribution in [3.05, 3.63) is 0 Å². The van der Waals surface area contributed by atoms with Gasteiger partial charge in [-0.25, -0.2) is 0 Å². The van der Waals surface area contributed by atoms with Crippen LogP contribution in [0.2, 0.25) is 0 Å². The number of hydrogen-bond acceptors (Lipinski definition) is 2. The number of hydrogen-bond donors (Lipinski definition) is 0. The molecule has 0 N–H and O–H groups in total. The molecule has 0 spiro atoms. The molecule has 1 aliphatic heterocycles. The lowest BCUT2D eigenvalue weighted by Crippen LogP contribution is -2.26. The maximum absolute atomic E-state index is 4.36. The van der Waals surface area contributed by atoms with E-state index >= 15 is 0 Å². The van der Waals surface area contributed by atoms with Gasteiger partial charge in [0.25, 0.3) is 0 Å². The molecule has 9 heavy (non-hydrogen) atoms. The Bertz CT molecular complexity index is 127. The predicted octanol–water partition coefficient (Wildman–Crippen LogP) is 0.986. The standard InChI is InChI=1S/C7H14N2/c1-6(2)7-8-4-5-9(7)3/h6H,4-5H2,1-3H3. The van der Waals surface area contributed by atoms with Crippen molar-refractivity contribution in [2.45, 2.75) is 13.8 Å². The molecule has 1 heterocycles. The van der Waals surface area contributed by atoms with Gasteiger partial charge in [0.05, 0.1) is 6.54 Å². The van der Waals surface area contributed by atoms with E-state index in [-0.39, 0.29) is 0 Å². The first-order valence-corrected chi connectivity index (χ1v) is 3.47. The second kappa shape index (κ2) is 2.38. The van der Waals surface area contributed by atoms with Crippen LogP contribution in [0.25, 0.3) is 0 Å². The maximum Gasteiger partial charge on any atom is 0.101 e. The lowest BCUT2D eigenvalue weighted by Gasteiger charge is -2.15. The van der Waals surface area contributed by atoms with Crippen molar-refractivity contribution in [2.24, 2.45) is 10.9 Å². The summed E-state index contributed by atoms with van der Waals surface area (Å²) in [6.45, 7) is 6.46. The molecule has 1 rings (SSSR count). The van der Waals surface area contributed by atoms with Gasteiger partial charge in [-0.15, -0.1) is 0 Å². The molecule has 0 unspecified atom stereocenters. The number of aliphatic imine (C=N–C) groups is 1. The number of nitrogens with zero attached hydrogens (tertiary/aromatic N) is 2. The first kappa shape index (κ1) is 6.59. The van der Waals surface area contributed by atoms with E-state index in [4.69, 9.17) is 0 Å².